The fourth-order valence-corrected chi connectivity index (χ4v) is 4.02. The van der Waals surface area contributed by atoms with Crippen LogP contribution in [0, 0.1) is 0 Å². The summed E-state index contributed by atoms with van der Waals surface area (Å²) in [7, 11) is 0. The molecule has 2 aromatic carbocycles. The first kappa shape index (κ1) is 22.2. The van der Waals surface area contributed by atoms with Gasteiger partial charge in [0.2, 0.25) is 0 Å². The van der Waals surface area contributed by atoms with E-state index in [2.05, 4.69) is 5.10 Å². The molecule has 3 aromatic rings. The van der Waals surface area contributed by atoms with Gasteiger partial charge in [0, 0.05) is 36.8 Å². The smallest absolute Gasteiger partial charge is 0.409 e. The van der Waals surface area contributed by atoms with E-state index < -0.39 is 0 Å². The Morgan fingerprint density at radius 3 is 2.38 bits per heavy atom. The average Bonchev–Trinajstić information content (AvgIpc) is 3.24. The molecule has 1 aromatic heterocycles. The van der Waals surface area contributed by atoms with Gasteiger partial charge in [0.25, 0.3) is 5.91 Å². The Bertz CT molecular complexity index is 1140. The van der Waals surface area contributed by atoms with E-state index in [0.717, 1.165) is 5.56 Å². The number of halogens is 2. The van der Waals surface area contributed by atoms with Crippen molar-refractivity contribution in [3.05, 3.63) is 70.3 Å². The topological polar surface area (TPSA) is 67.7 Å². The Balaban J connectivity index is 1.66. The molecular weight excluding hydrogens is 451 g/mol. The van der Waals surface area contributed by atoms with E-state index in [1.807, 2.05) is 24.3 Å². The van der Waals surface area contributed by atoms with Crippen molar-refractivity contribution < 1.29 is 14.3 Å². The number of carbonyl (C=O) groups excluding carboxylic acids is 2. The van der Waals surface area contributed by atoms with Gasteiger partial charge in [-0.3, -0.25) is 4.79 Å². The zero-order valence-corrected chi connectivity index (χ0v) is 19.0. The van der Waals surface area contributed by atoms with Gasteiger partial charge < -0.3 is 14.5 Å². The Labute approximate surface area is 196 Å². The highest BCUT2D eigenvalue weighted by Crippen LogP contribution is 2.29. The van der Waals surface area contributed by atoms with Crippen molar-refractivity contribution >= 4 is 35.2 Å². The predicted octanol–water partition coefficient (Wildman–Crippen LogP) is 4.76. The maximum atomic E-state index is 13.5. The van der Waals surface area contributed by atoms with Gasteiger partial charge in [0.05, 0.1) is 23.0 Å². The molecule has 9 heteroatoms. The van der Waals surface area contributed by atoms with Gasteiger partial charge in [-0.15, -0.1) is 0 Å². The van der Waals surface area contributed by atoms with E-state index in [9.17, 15) is 9.59 Å². The van der Waals surface area contributed by atoms with Crippen molar-refractivity contribution in [3.63, 3.8) is 0 Å². The number of hydrogen-bond donors (Lipinski definition) is 0. The third-order valence-corrected chi connectivity index (χ3v) is 5.79. The number of carbonyl (C=O) groups is 2. The molecule has 2 amide bonds. The van der Waals surface area contributed by atoms with Gasteiger partial charge >= 0.3 is 6.09 Å². The van der Waals surface area contributed by atoms with Crippen LogP contribution in [0.25, 0.3) is 16.9 Å². The van der Waals surface area contributed by atoms with E-state index >= 15 is 0 Å². The Morgan fingerprint density at radius 2 is 1.69 bits per heavy atom. The van der Waals surface area contributed by atoms with Crippen LogP contribution in [0.15, 0.2) is 54.6 Å². The highest BCUT2D eigenvalue weighted by molar-refractivity contribution is 6.33. The molecule has 32 heavy (non-hydrogen) atoms. The molecule has 1 aliphatic rings. The summed E-state index contributed by atoms with van der Waals surface area (Å²) in [6, 6.07) is 16.3. The van der Waals surface area contributed by atoms with Gasteiger partial charge in [-0.1, -0.05) is 47.5 Å². The highest BCUT2D eigenvalue weighted by Gasteiger charge is 2.28. The van der Waals surface area contributed by atoms with Crippen LogP contribution in [0.4, 0.5) is 4.79 Å². The van der Waals surface area contributed by atoms with Gasteiger partial charge in [-0.2, -0.15) is 5.10 Å². The normalized spacial score (nSPS) is 13.8. The van der Waals surface area contributed by atoms with Gasteiger partial charge in [-0.05, 0) is 37.3 Å². The number of amides is 2. The first-order chi connectivity index (χ1) is 15.5. The molecule has 0 radical (unpaired) electrons. The lowest BCUT2D eigenvalue weighted by molar-refractivity contribution is 0.0563. The largest absolute Gasteiger partial charge is 0.450 e. The minimum Gasteiger partial charge on any atom is -0.450 e. The molecule has 2 heterocycles. The second kappa shape index (κ2) is 9.63. The van der Waals surface area contributed by atoms with Crippen LogP contribution in [0.3, 0.4) is 0 Å². The maximum Gasteiger partial charge on any atom is 0.409 e. The predicted molar refractivity (Wildman–Crippen MR) is 124 cm³/mol. The summed E-state index contributed by atoms with van der Waals surface area (Å²) < 4.78 is 6.65. The quantitative estimate of drug-likeness (QED) is 0.548. The third-order valence-electron chi connectivity index (χ3n) is 5.22. The van der Waals surface area contributed by atoms with Crippen LogP contribution in [0.5, 0.6) is 0 Å². The van der Waals surface area contributed by atoms with Gasteiger partial charge in [0.1, 0.15) is 5.69 Å². The Morgan fingerprint density at radius 1 is 0.969 bits per heavy atom. The van der Waals surface area contributed by atoms with Crippen molar-refractivity contribution in [1.29, 1.82) is 0 Å². The molecule has 1 aliphatic heterocycles. The molecule has 0 aliphatic carbocycles. The number of rotatable bonds is 4. The lowest BCUT2D eigenvalue weighted by Crippen LogP contribution is -2.51. The van der Waals surface area contributed by atoms with Crippen LogP contribution in [0.2, 0.25) is 10.0 Å². The Kier molecular flexibility index (Phi) is 6.67. The van der Waals surface area contributed by atoms with E-state index in [4.69, 9.17) is 27.9 Å². The van der Waals surface area contributed by atoms with Crippen molar-refractivity contribution in [2.75, 3.05) is 32.8 Å². The fourth-order valence-electron chi connectivity index (χ4n) is 3.61. The van der Waals surface area contributed by atoms with Crippen molar-refractivity contribution in [2.24, 2.45) is 0 Å². The third kappa shape index (κ3) is 4.59. The van der Waals surface area contributed by atoms with Crippen LogP contribution >= 0.6 is 23.2 Å². The summed E-state index contributed by atoms with van der Waals surface area (Å²) in [6.45, 7) is 3.72. The number of piperazine rings is 1. The second-order valence-electron chi connectivity index (χ2n) is 7.26. The number of aromatic nitrogens is 2. The summed E-state index contributed by atoms with van der Waals surface area (Å²) in [5.41, 5.74) is 2.39. The minimum atomic E-state index is -0.357. The molecule has 0 saturated carbocycles. The van der Waals surface area contributed by atoms with Crippen LogP contribution in [0.1, 0.15) is 17.4 Å². The van der Waals surface area contributed by atoms with Crippen LogP contribution in [-0.4, -0.2) is 64.4 Å². The molecule has 0 atom stereocenters. The fraction of sp³-hybridized carbons (Fsp3) is 0.261. The maximum absolute atomic E-state index is 13.5. The molecule has 166 valence electrons. The van der Waals surface area contributed by atoms with Crippen molar-refractivity contribution in [3.8, 4) is 16.9 Å². The zero-order valence-electron chi connectivity index (χ0n) is 17.5. The number of hydrogen-bond acceptors (Lipinski definition) is 4. The highest BCUT2D eigenvalue weighted by atomic mass is 35.5. The van der Waals surface area contributed by atoms with E-state index in [1.165, 1.54) is 0 Å². The van der Waals surface area contributed by atoms with Gasteiger partial charge in [-0.25, -0.2) is 9.48 Å². The summed E-state index contributed by atoms with van der Waals surface area (Å²) in [5, 5.41) is 5.76. The first-order valence-electron chi connectivity index (χ1n) is 10.3. The number of nitrogens with zero attached hydrogens (tertiary/aromatic N) is 4. The molecular formula is C23H22Cl2N4O3. The molecule has 1 fully saturated rings. The molecule has 7 nitrogen and oxygen atoms in total. The lowest BCUT2D eigenvalue weighted by Gasteiger charge is -2.34. The molecule has 0 spiro atoms. The average molecular weight is 473 g/mol. The summed E-state index contributed by atoms with van der Waals surface area (Å²) >= 11 is 12.6. The summed E-state index contributed by atoms with van der Waals surface area (Å²) in [4.78, 5) is 28.8. The van der Waals surface area contributed by atoms with Crippen LogP contribution in [-0.2, 0) is 4.74 Å². The molecule has 0 N–H and O–H groups in total. The van der Waals surface area contributed by atoms with E-state index in [1.54, 1.807) is 51.7 Å². The first-order valence-corrected chi connectivity index (χ1v) is 11.1. The minimum absolute atomic E-state index is 0.181. The monoisotopic (exact) mass is 472 g/mol. The van der Waals surface area contributed by atoms with Gasteiger partial charge in [0.15, 0.2) is 0 Å². The van der Waals surface area contributed by atoms with E-state index in [-0.39, 0.29) is 12.0 Å². The van der Waals surface area contributed by atoms with Crippen molar-refractivity contribution in [2.45, 2.75) is 6.92 Å². The Hall–Kier alpha value is -3.03. The number of benzene rings is 2. The van der Waals surface area contributed by atoms with Crippen molar-refractivity contribution in [1.82, 2.24) is 19.6 Å². The molecule has 0 unspecified atom stereocenters. The van der Waals surface area contributed by atoms with Crippen LogP contribution < -0.4 is 0 Å². The number of ether oxygens (including phenoxy) is 1. The zero-order chi connectivity index (χ0) is 22.7. The SMILES string of the molecule is CCOC(=O)N1CCN(C(=O)c2cc(-c3ccccc3Cl)nn2-c2cccc(Cl)c2)CC1. The lowest BCUT2D eigenvalue weighted by atomic mass is 10.1. The standard InChI is InChI=1S/C23H22Cl2N4O3/c1-2-32-23(31)28-12-10-27(11-13-28)22(30)21-15-20(18-8-3-4-9-19(18)25)26-29(21)17-7-5-6-16(24)14-17/h3-9,14-15H,2,10-13H2,1H3. The van der Waals surface area contributed by atoms with E-state index in [0.29, 0.717) is 59.9 Å². The molecule has 4 rings (SSSR count). The summed E-state index contributed by atoms with van der Waals surface area (Å²) in [5.74, 6) is -0.181. The second-order valence-corrected chi connectivity index (χ2v) is 8.11. The molecule has 1 saturated heterocycles. The summed E-state index contributed by atoms with van der Waals surface area (Å²) in [6.07, 6.45) is -0.357. The molecule has 0 bridgehead atoms.